The SMILES string of the molecule is CCOC(=O)CN(C(=O)CN1CCN(C(=O)c2ccc(Cl)cc2)CC1)c1ccccc1. The second-order valence-electron chi connectivity index (χ2n) is 7.20. The molecule has 0 atom stereocenters. The number of hydrogen-bond donors (Lipinski definition) is 0. The van der Waals surface area contributed by atoms with E-state index >= 15 is 0 Å². The number of para-hydroxylation sites is 1. The Bertz CT molecular complexity index is 897. The van der Waals surface area contributed by atoms with Gasteiger partial charge in [-0.2, -0.15) is 0 Å². The second kappa shape index (κ2) is 10.9. The highest BCUT2D eigenvalue weighted by Crippen LogP contribution is 2.16. The van der Waals surface area contributed by atoms with Gasteiger partial charge in [0.1, 0.15) is 6.54 Å². The molecule has 0 saturated carbocycles. The Kier molecular flexibility index (Phi) is 8.03. The van der Waals surface area contributed by atoms with E-state index in [1.807, 2.05) is 23.1 Å². The number of halogens is 1. The van der Waals surface area contributed by atoms with E-state index in [4.69, 9.17) is 16.3 Å². The van der Waals surface area contributed by atoms with E-state index < -0.39 is 5.97 Å². The van der Waals surface area contributed by atoms with Crippen molar-refractivity contribution in [2.24, 2.45) is 0 Å². The molecule has 3 rings (SSSR count). The van der Waals surface area contributed by atoms with E-state index in [1.165, 1.54) is 4.90 Å². The van der Waals surface area contributed by atoms with E-state index in [-0.39, 0.29) is 31.5 Å². The van der Waals surface area contributed by atoms with Crippen molar-refractivity contribution in [3.63, 3.8) is 0 Å². The first-order chi connectivity index (χ1) is 15.0. The average Bonchev–Trinajstić information content (AvgIpc) is 2.79. The van der Waals surface area contributed by atoms with E-state index in [1.54, 1.807) is 48.2 Å². The summed E-state index contributed by atoms with van der Waals surface area (Å²) in [7, 11) is 0. The van der Waals surface area contributed by atoms with Gasteiger partial charge in [-0.1, -0.05) is 29.8 Å². The van der Waals surface area contributed by atoms with Crippen LogP contribution in [0.4, 0.5) is 5.69 Å². The van der Waals surface area contributed by atoms with Gasteiger partial charge in [-0.25, -0.2) is 0 Å². The minimum atomic E-state index is -0.446. The molecular weight excluding hydrogens is 418 g/mol. The predicted octanol–water partition coefficient (Wildman–Crippen LogP) is 2.69. The highest BCUT2D eigenvalue weighted by Gasteiger charge is 2.26. The molecule has 0 aromatic heterocycles. The van der Waals surface area contributed by atoms with Gasteiger partial charge in [0.2, 0.25) is 5.91 Å². The number of carbonyl (C=O) groups is 3. The highest BCUT2D eigenvalue weighted by atomic mass is 35.5. The minimum absolute atomic E-state index is 0.0455. The lowest BCUT2D eigenvalue weighted by molar-refractivity contribution is -0.142. The zero-order chi connectivity index (χ0) is 22.2. The van der Waals surface area contributed by atoms with Gasteiger partial charge in [0.05, 0.1) is 13.2 Å². The van der Waals surface area contributed by atoms with Crippen molar-refractivity contribution in [1.29, 1.82) is 0 Å². The number of nitrogens with zero attached hydrogens (tertiary/aromatic N) is 3. The molecule has 0 aliphatic carbocycles. The van der Waals surface area contributed by atoms with Gasteiger partial charge in [0.25, 0.3) is 5.91 Å². The fraction of sp³-hybridized carbons (Fsp3) is 0.348. The molecule has 2 aromatic rings. The van der Waals surface area contributed by atoms with E-state index in [0.29, 0.717) is 42.5 Å². The van der Waals surface area contributed by atoms with Crippen LogP contribution in [0.3, 0.4) is 0 Å². The molecule has 1 aliphatic heterocycles. The monoisotopic (exact) mass is 443 g/mol. The molecule has 1 saturated heterocycles. The topological polar surface area (TPSA) is 70.2 Å². The van der Waals surface area contributed by atoms with Crippen molar-refractivity contribution in [1.82, 2.24) is 9.80 Å². The molecule has 7 nitrogen and oxygen atoms in total. The summed E-state index contributed by atoms with van der Waals surface area (Å²) in [5, 5.41) is 0.589. The van der Waals surface area contributed by atoms with Crippen LogP contribution in [0, 0.1) is 0 Å². The Labute approximate surface area is 187 Å². The van der Waals surface area contributed by atoms with Gasteiger partial charge in [-0.05, 0) is 43.3 Å². The van der Waals surface area contributed by atoms with Gasteiger partial charge in [-0.3, -0.25) is 19.3 Å². The maximum absolute atomic E-state index is 13.0. The highest BCUT2D eigenvalue weighted by molar-refractivity contribution is 6.30. The molecule has 8 heteroatoms. The van der Waals surface area contributed by atoms with Gasteiger partial charge in [0.15, 0.2) is 0 Å². The van der Waals surface area contributed by atoms with Crippen molar-refractivity contribution >= 4 is 35.1 Å². The van der Waals surface area contributed by atoms with Crippen LogP contribution in [0.5, 0.6) is 0 Å². The summed E-state index contributed by atoms with van der Waals surface area (Å²) in [5.41, 5.74) is 1.25. The van der Waals surface area contributed by atoms with E-state index in [9.17, 15) is 14.4 Å². The van der Waals surface area contributed by atoms with Crippen LogP contribution in [0.15, 0.2) is 54.6 Å². The molecule has 164 valence electrons. The molecule has 1 fully saturated rings. The molecule has 2 amide bonds. The van der Waals surface area contributed by atoms with Crippen molar-refractivity contribution in [2.75, 3.05) is 50.8 Å². The van der Waals surface area contributed by atoms with Gasteiger partial charge < -0.3 is 14.5 Å². The zero-order valence-corrected chi connectivity index (χ0v) is 18.3. The average molecular weight is 444 g/mol. The Morgan fingerprint density at radius 1 is 0.968 bits per heavy atom. The van der Waals surface area contributed by atoms with Gasteiger partial charge in [-0.15, -0.1) is 0 Å². The molecule has 1 aliphatic rings. The Hall–Kier alpha value is -2.90. The third-order valence-electron chi connectivity index (χ3n) is 5.07. The maximum atomic E-state index is 13.0. The molecule has 2 aromatic carbocycles. The van der Waals surface area contributed by atoms with Crippen molar-refractivity contribution < 1.29 is 19.1 Å². The third kappa shape index (κ3) is 6.29. The predicted molar refractivity (Wildman–Crippen MR) is 119 cm³/mol. The molecule has 0 N–H and O–H groups in total. The summed E-state index contributed by atoms with van der Waals surface area (Å²) in [6, 6.07) is 15.9. The van der Waals surface area contributed by atoms with Crippen LogP contribution in [-0.2, 0) is 14.3 Å². The number of ether oxygens (including phenoxy) is 1. The molecular formula is C23H26ClN3O4. The lowest BCUT2D eigenvalue weighted by atomic mass is 10.2. The molecule has 0 unspecified atom stereocenters. The number of piperazine rings is 1. The summed E-state index contributed by atoms with van der Waals surface area (Å²) < 4.78 is 5.02. The Balaban J connectivity index is 1.58. The number of carbonyl (C=O) groups excluding carboxylic acids is 3. The summed E-state index contributed by atoms with van der Waals surface area (Å²) in [4.78, 5) is 42.9. The molecule has 31 heavy (non-hydrogen) atoms. The second-order valence-corrected chi connectivity index (χ2v) is 7.63. The molecule has 0 spiro atoms. The van der Waals surface area contributed by atoms with Crippen LogP contribution < -0.4 is 4.90 Å². The molecule has 0 radical (unpaired) electrons. The summed E-state index contributed by atoms with van der Waals surface area (Å²) in [5.74, 6) is -0.675. The summed E-state index contributed by atoms with van der Waals surface area (Å²) in [6.07, 6.45) is 0. The van der Waals surface area contributed by atoms with Gasteiger partial charge in [0, 0.05) is 42.5 Å². The minimum Gasteiger partial charge on any atom is -0.465 e. The third-order valence-corrected chi connectivity index (χ3v) is 5.32. The van der Waals surface area contributed by atoms with Crippen LogP contribution in [0.2, 0.25) is 5.02 Å². The smallest absolute Gasteiger partial charge is 0.326 e. The fourth-order valence-electron chi connectivity index (χ4n) is 3.43. The van der Waals surface area contributed by atoms with E-state index in [2.05, 4.69) is 0 Å². The summed E-state index contributed by atoms with van der Waals surface area (Å²) in [6.45, 7) is 4.23. The quantitative estimate of drug-likeness (QED) is 0.615. The van der Waals surface area contributed by atoms with Crippen LogP contribution >= 0.6 is 11.6 Å². The normalized spacial score (nSPS) is 14.2. The largest absolute Gasteiger partial charge is 0.465 e. The number of amides is 2. The van der Waals surface area contributed by atoms with E-state index in [0.717, 1.165) is 0 Å². The summed E-state index contributed by atoms with van der Waals surface area (Å²) >= 11 is 5.89. The lowest BCUT2D eigenvalue weighted by Crippen LogP contribution is -2.52. The number of esters is 1. The number of rotatable bonds is 7. The van der Waals surface area contributed by atoms with Crippen LogP contribution in [-0.4, -0.2) is 73.5 Å². The standard InChI is InChI=1S/C23H26ClN3O4/c1-2-31-22(29)17-27(20-6-4-3-5-7-20)21(28)16-25-12-14-26(15-13-25)23(30)18-8-10-19(24)11-9-18/h3-11H,2,12-17H2,1H3. The van der Waals surface area contributed by atoms with Crippen molar-refractivity contribution in [2.45, 2.75) is 6.92 Å². The Morgan fingerprint density at radius 3 is 2.23 bits per heavy atom. The van der Waals surface area contributed by atoms with Gasteiger partial charge >= 0.3 is 5.97 Å². The number of anilines is 1. The first-order valence-corrected chi connectivity index (χ1v) is 10.6. The number of hydrogen-bond acceptors (Lipinski definition) is 5. The maximum Gasteiger partial charge on any atom is 0.326 e. The van der Waals surface area contributed by atoms with Crippen molar-refractivity contribution in [3.05, 3.63) is 65.2 Å². The first-order valence-electron chi connectivity index (χ1n) is 10.3. The van der Waals surface area contributed by atoms with Crippen molar-refractivity contribution in [3.8, 4) is 0 Å². The number of benzene rings is 2. The lowest BCUT2D eigenvalue weighted by Gasteiger charge is -2.35. The van der Waals surface area contributed by atoms with Crippen LogP contribution in [0.1, 0.15) is 17.3 Å². The molecule has 1 heterocycles. The molecule has 0 bridgehead atoms. The Morgan fingerprint density at radius 2 is 1.61 bits per heavy atom. The first kappa shape index (κ1) is 22.8. The zero-order valence-electron chi connectivity index (χ0n) is 17.5. The van der Waals surface area contributed by atoms with Crippen LogP contribution in [0.25, 0.3) is 0 Å². The fourth-order valence-corrected chi connectivity index (χ4v) is 3.55.